The second kappa shape index (κ2) is 9.75. The maximum absolute atomic E-state index is 12.4. The van der Waals surface area contributed by atoms with Crippen LogP contribution in [0.15, 0.2) is 48.5 Å². The third-order valence-electron chi connectivity index (χ3n) is 4.97. The zero-order chi connectivity index (χ0) is 22.5. The van der Waals surface area contributed by atoms with Gasteiger partial charge in [0.05, 0.1) is 11.8 Å². The lowest BCUT2D eigenvalue weighted by atomic mass is 10.0. The molecule has 0 unspecified atom stereocenters. The lowest BCUT2D eigenvalue weighted by molar-refractivity contribution is 0.0977. The van der Waals surface area contributed by atoms with Crippen LogP contribution in [0.3, 0.4) is 0 Å². The zero-order valence-electron chi connectivity index (χ0n) is 18.5. The Morgan fingerprint density at radius 1 is 1.10 bits per heavy atom. The molecular weight excluding hydrogens is 408 g/mol. The minimum atomic E-state index is -0.271. The molecule has 3 aromatic rings. The average Bonchev–Trinajstić information content (AvgIpc) is 2.95. The average molecular weight is 437 g/mol. The molecule has 0 aliphatic heterocycles. The van der Waals surface area contributed by atoms with Crippen LogP contribution in [0.4, 0.5) is 5.69 Å². The van der Waals surface area contributed by atoms with Crippen LogP contribution in [-0.4, -0.2) is 26.9 Å². The topological polar surface area (TPSA) is 68.2 Å². The number of benzene rings is 2. The highest BCUT2D eigenvalue weighted by atomic mass is 32.1. The summed E-state index contributed by atoms with van der Waals surface area (Å²) in [6, 6.07) is 15.0. The van der Waals surface area contributed by atoms with Crippen molar-refractivity contribution in [3.05, 3.63) is 76.6 Å². The van der Waals surface area contributed by atoms with Gasteiger partial charge in [-0.05, 0) is 81.9 Å². The Hall–Kier alpha value is -3.19. The summed E-state index contributed by atoms with van der Waals surface area (Å²) < 4.78 is 7.51. The minimum Gasteiger partial charge on any atom is -0.491 e. The van der Waals surface area contributed by atoms with Crippen molar-refractivity contribution in [3.8, 4) is 5.75 Å². The van der Waals surface area contributed by atoms with E-state index in [9.17, 15) is 4.79 Å². The van der Waals surface area contributed by atoms with Gasteiger partial charge < -0.3 is 10.1 Å². The van der Waals surface area contributed by atoms with Crippen molar-refractivity contribution in [2.45, 2.75) is 40.2 Å². The molecule has 0 radical (unpaired) electrons. The fourth-order valence-electron chi connectivity index (χ4n) is 3.28. The quantitative estimate of drug-likeness (QED) is 0.555. The molecule has 1 heterocycles. The number of thiocarbonyl (C=S) groups is 1. The summed E-state index contributed by atoms with van der Waals surface area (Å²) in [5.74, 6) is 0.455. The third kappa shape index (κ3) is 5.92. The Morgan fingerprint density at radius 2 is 1.74 bits per heavy atom. The van der Waals surface area contributed by atoms with E-state index in [1.54, 1.807) is 24.3 Å². The number of carbonyl (C=O) groups excluding carboxylic acids is 1. The number of ether oxygens (including phenoxy) is 1. The van der Waals surface area contributed by atoms with Gasteiger partial charge in [-0.15, -0.1) is 0 Å². The van der Waals surface area contributed by atoms with Crippen LogP contribution in [-0.2, 0) is 13.5 Å². The van der Waals surface area contributed by atoms with Gasteiger partial charge in [-0.25, -0.2) is 0 Å². The van der Waals surface area contributed by atoms with Gasteiger partial charge in [-0.3, -0.25) is 14.8 Å². The predicted octanol–water partition coefficient (Wildman–Crippen LogP) is 4.54. The van der Waals surface area contributed by atoms with Gasteiger partial charge in [0, 0.05) is 36.0 Å². The summed E-state index contributed by atoms with van der Waals surface area (Å²) in [5.41, 5.74) is 5.98. The van der Waals surface area contributed by atoms with Gasteiger partial charge in [0.1, 0.15) is 5.75 Å². The normalized spacial score (nSPS) is 10.8. The number of aromatic nitrogens is 2. The number of carbonyl (C=O) groups is 1. The Labute approximate surface area is 188 Å². The molecule has 0 saturated heterocycles. The lowest BCUT2D eigenvalue weighted by Gasteiger charge is -2.12. The van der Waals surface area contributed by atoms with Gasteiger partial charge in [-0.1, -0.05) is 12.1 Å². The highest BCUT2D eigenvalue weighted by molar-refractivity contribution is 7.80. The molecule has 1 aromatic heterocycles. The van der Waals surface area contributed by atoms with Gasteiger partial charge in [0.2, 0.25) is 0 Å². The molecular formula is C24H28N4O2S. The summed E-state index contributed by atoms with van der Waals surface area (Å²) in [6.07, 6.45) is 0.906. The number of hydrogen-bond acceptors (Lipinski definition) is 4. The summed E-state index contributed by atoms with van der Waals surface area (Å²) in [4.78, 5) is 12.4. The molecule has 0 aliphatic rings. The fourth-order valence-corrected chi connectivity index (χ4v) is 3.49. The molecule has 162 valence electrons. The second-order valence-electron chi connectivity index (χ2n) is 7.75. The lowest BCUT2D eigenvalue weighted by Crippen LogP contribution is -2.34. The molecule has 0 fully saturated rings. The Balaban J connectivity index is 1.56. The van der Waals surface area contributed by atoms with E-state index in [4.69, 9.17) is 17.0 Å². The second-order valence-corrected chi connectivity index (χ2v) is 8.15. The maximum Gasteiger partial charge on any atom is 0.257 e. The zero-order valence-corrected chi connectivity index (χ0v) is 19.3. The van der Waals surface area contributed by atoms with E-state index in [1.165, 1.54) is 16.8 Å². The SMILES string of the molecule is Cc1nn(C)c(C)c1Cc1ccc(NC(=S)NC(=O)c2ccc(OC(C)C)cc2)cc1. The van der Waals surface area contributed by atoms with E-state index in [1.807, 2.05) is 56.8 Å². The highest BCUT2D eigenvalue weighted by Crippen LogP contribution is 2.19. The van der Waals surface area contributed by atoms with Gasteiger partial charge in [0.25, 0.3) is 5.91 Å². The van der Waals surface area contributed by atoms with E-state index < -0.39 is 0 Å². The Kier molecular flexibility index (Phi) is 7.07. The largest absolute Gasteiger partial charge is 0.491 e. The molecule has 0 spiro atoms. The molecule has 6 nitrogen and oxygen atoms in total. The number of anilines is 1. The Bertz CT molecular complexity index is 1070. The van der Waals surface area contributed by atoms with Crippen molar-refractivity contribution in [1.29, 1.82) is 0 Å². The highest BCUT2D eigenvalue weighted by Gasteiger charge is 2.11. The van der Waals surface area contributed by atoms with Crippen LogP contribution < -0.4 is 15.4 Å². The summed E-state index contributed by atoms with van der Waals surface area (Å²) in [5, 5.41) is 10.5. The summed E-state index contributed by atoms with van der Waals surface area (Å²) >= 11 is 5.29. The molecule has 31 heavy (non-hydrogen) atoms. The van der Waals surface area contributed by atoms with Gasteiger partial charge in [-0.2, -0.15) is 5.10 Å². The van der Waals surface area contributed by atoms with E-state index in [0.717, 1.165) is 23.6 Å². The molecule has 0 atom stereocenters. The molecule has 0 saturated carbocycles. The van der Waals surface area contributed by atoms with Crippen LogP contribution in [0.1, 0.15) is 46.7 Å². The number of amides is 1. The van der Waals surface area contributed by atoms with Crippen LogP contribution in [0.5, 0.6) is 5.75 Å². The smallest absolute Gasteiger partial charge is 0.257 e. The summed E-state index contributed by atoms with van der Waals surface area (Å²) in [6.45, 7) is 8.03. The molecule has 0 aliphatic carbocycles. The predicted molar refractivity (Wildman–Crippen MR) is 128 cm³/mol. The number of rotatable bonds is 6. The molecule has 1 amide bonds. The standard InChI is InChI=1S/C24H28N4O2S/c1-15(2)30-21-12-8-19(9-13-21)23(29)26-24(31)25-20-10-6-18(7-11-20)14-22-16(3)27-28(5)17(22)4/h6-13,15H,14H2,1-5H3,(H2,25,26,29,31). The van der Waals surface area contributed by atoms with Crippen molar-refractivity contribution in [1.82, 2.24) is 15.1 Å². The first-order chi connectivity index (χ1) is 14.7. The summed E-state index contributed by atoms with van der Waals surface area (Å²) in [7, 11) is 1.96. The first-order valence-corrected chi connectivity index (χ1v) is 10.6. The van der Waals surface area contributed by atoms with Crippen molar-refractivity contribution in [2.75, 3.05) is 5.32 Å². The van der Waals surface area contributed by atoms with Crippen molar-refractivity contribution < 1.29 is 9.53 Å². The van der Waals surface area contributed by atoms with E-state index in [0.29, 0.717) is 5.56 Å². The first-order valence-electron chi connectivity index (χ1n) is 10.2. The van der Waals surface area contributed by atoms with Crippen molar-refractivity contribution >= 4 is 28.9 Å². The molecule has 7 heteroatoms. The maximum atomic E-state index is 12.4. The van der Waals surface area contributed by atoms with Gasteiger partial charge in [0.15, 0.2) is 5.11 Å². The van der Waals surface area contributed by atoms with Crippen LogP contribution >= 0.6 is 12.2 Å². The minimum absolute atomic E-state index is 0.0836. The Morgan fingerprint density at radius 3 is 2.29 bits per heavy atom. The molecule has 0 bridgehead atoms. The van der Waals surface area contributed by atoms with E-state index >= 15 is 0 Å². The molecule has 3 rings (SSSR count). The number of nitrogens with zero attached hydrogens (tertiary/aromatic N) is 2. The fraction of sp³-hybridized carbons (Fsp3) is 0.292. The number of aryl methyl sites for hydroxylation is 2. The monoisotopic (exact) mass is 436 g/mol. The van der Waals surface area contributed by atoms with Crippen molar-refractivity contribution in [2.24, 2.45) is 7.05 Å². The number of hydrogen-bond donors (Lipinski definition) is 2. The third-order valence-corrected chi connectivity index (χ3v) is 5.17. The van der Waals surface area contributed by atoms with Crippen LogP contribution in [0.2, 0.25) is 0 Å². The van der Waals surface area contributed by atoms with Crippen LogP contribution in [0.25, 0.3) is 0 Å². The molecule has 2 N–H and O–H groups in total. The molecule has 2 aromatic carbocycles. The number of nitrogens with one attached hydrogen (secondary N) is 2. The first kappa shape index (κ1) is 22.5. The van der Waals surface area contributed by atoms with E-state index in [2.05, 4.69) is 22.7 Å². The van der Waals surface area contributed by atoms with Crippen LogP contribution in [0, 0.1) is 13.8 Å². The van der Waals surface area contributed by atoms with Gasteiger partial charge >= 0.3 is 0 Å². The van der Waals surface area contributed by atoms with Crippen molar-refractivity contribution in [3.63, 3.8) is 0 Å². The van der Waals surface area contributed by atoms with E-state index in [-0.39, 0.29) is 17.1 Å².